The van der Waals surface area contributed by atoms with Gasteiger partial charge < -0.3 is 14.5 Å². The Labute approximate surface area is 166 Å². The van der Waals surface area contributed by atoms with Crippen LogP contribution in [0, 0.1) is 11.3 Å². The highest BCUT2D eigenvalue weighted by Gasteiger charge is 2.23. The molecule has 1 aliphatic heterocycles. The van der Waals surface area contributed by atoms with Gasteiger partial charge in [-0.1, -0.05) is 12.1 Å². The van der Waals surface area contributed by atoms with Crippen LogP contribution in [0.5, 0.6) is 0 Å². The van der Waals surface area contributed by atoms with Crippen molar-refractivity contribution in [1.29, 1.82) is 5.26 Å². The molecule has 0 unspecified atom stereocenters. The van der Waals surface area contributed by atoms with Crippen LogP contribution in [0.25, 0.3) is 11.1 Å². The third kappa shape index (κ3) is 4.94. The smallest absolute Gasteiger partial charge is 0.254 e. The molecule has 1 aromatic carbocycles. The van der Waals surface area contributed by atoms with Gasteiger partial charge in [-0.2, -0.15) is 5.26 Å². The van der Waals surface area contributed by atoms with Crippen molar-refractivity contribution in [2.75, 3.05) is 40.3 Å². The number of benzene rings is 1. The summed E-state index contributed by atoms with van der Waals surface area (Å²) in [7, 11) is 4.00. The van der Waals surface area contributed by atoms with E-state index in [9.17, 15) is 10.1 Å². The number of carbonyl (C=O) groups is 1. The first-order valence-corrected chi connectivity index (χ1v) is 9.59. The zero-order valence-corrected chi connectivity index (χ0v) is 16.5. The number of hydrogen-bond acceptors (Lipinski definition) is 5. The number of ether oxygens (including phenoxy) is 1. The Hall–Kier alpha value is -2.75. The minimum Gasteiger partial charge on any atom is -0.376 e. The van der Waals surface area contributed by atoms with E-state index in [0.29, 0.717) is 24.3 Å². The molecule has 0 saturated carbocycles. The van der Waals surface area contributed by atoms with Crippen molar-refractivity contribution in [3.05, 3.63) is 53.9 Å². The second-order valence-corrected chi connectivity index (χ2v) is 7.28. The predicted octanol–water partition coefficient (Wildman–Crippen LogP) is 2.80. The molecule has 2 aromatic rings. The van der Waals surface area contributed by atoms with Gasteiger partial charge in [-0.3, -0.25) is 4.79 Å². The number of hydrogen-bond donors (Lipinski definition) is 0. The quantitative estimate of drug-likeness (QED) is 0.741. The van der Waals surface area contributed by atoms with Crippen LogP contribution < -0.4 is 0 Å². The summed E-state index contributed by atoms with van der Waals surface area (Å²) in [5.74, 6) is -0.0124. The molecule has 0 spiro atoms. The average Bonchev–Trinajstić information content (AvgIpc) is 3.23. The van der Waals surface area contributed by atoms with Crippen molar-refractivity contribution in [2.24, 2.45) is 0 Å². The van der Waals surface area contributed by atoms with Crippen molar-refractivity contribution < 1.29 is 9.53 Å². The van der Waals surface area contributed by atoms with Gasteiger partial charge in [0.1, 0.15) is 11.8 Å². The molecule has 146 valence electrons. The van der Waals surface area contributed by atoms with E-state index >= 15 is 0 Å². The molecule has 1 aliphatic rings. The van der Waals surface area contributed by atoms with Gasteiger partial charge in [-0.25, -0.2) is 4.98 Å². The molecular weight excluding hydrogens is 352 g/mol. The van der Waals surface area contributed by atoms with E-state index in [1.165, 1.54) is 0 Å². The second kappa shape index (κ2) is 9.45. The third-order valence-corrected chi connectivity index (χ3v) is 4.89. The highest BCUT2D eigenvalue weighted by Crippen LogP contribution is 2.24. The summed E-state index contributed by atoms with van der Waals surface area (Å²) in [6.07, 6.45) is 3.75. The van der Waals surface area contributed by atoms with Crippen LogP contribution >= 0.6 is 0 Å². The van der Waals surface area contributed by atoms with E-state index in [2.05, 4.69) is 16.0 Å². The fourth-order valence-electron chi connectivity index (χ4n) is 3.36. The summed E-state index contributed by atoms with van der Waals surface area (Å²) >= 11 is 0. The first-order valence-electron chi connectivity index (χ1n) is 9.59. The minimum atomic E-state index is -0.0124. The maximum Gasteiger partial charge on any atom is 0.254 e. The van der Waals surface area contributed by atoms with Gasteiger partial charge in [-0.05, 0) is 56.8 Å². The summed E-state index contributed by atoms with van der Waals surface area (Å²) in [5, 5.41) is 9.32. The average molecular weight is 378 g/mol. The first kappa shape index (κ1) is 20.0. The highest BCUT2D eigenvalue weighted by molar-refractivity contribution is 5.95. The van der Waals surface area contributed by atoms with E-state index < -0.39 is 0 Å². The fraction of sp³-hybridized carbons (Fsp3) is 0.409. The summed E-state index contributed by atoms with van der Waals surface area (Å²) in [6, 6.07) is 13.2. The van der Waals surface area contributed by atoms with Crippen molar-refractivity contribution in [3.63, 3.8) is 0 Å². The lowest BCUT2D eigenvalue weighted by Crippen LogP contribution is -2.41. The lowest BCUT2D eigenvalue weighted by atomic mass is 10.0. The summed E-state index contributed by atoms with van der Waals surface area (Å²) < 4.78 is 5.75. The Morgan fingerprint density at radius 3 is 2.86 bits per heavy atom. The van der Waals surface area contributed by atoms with Crippen LogP contribution in [0.15, 0.2) is 42.6 Å². The molecule has 2 heterocycles. The van der Waals surface area contributed by atoms with Crippen molar-refractivity contribution in [1.82, 2.24) is 14.8 Å². The molecule has 0 aliphatic carbocycles. The van der Waals surface area contributed by atoms with Crippen LogP contribution in [-0.4, -0.2) is 67.1 Å². The van der Waals surface area contributed by atoms with E-state index in [-0.39, 0.29) is 12.0 Å². The van der Waals surface area contributed by atoms with Gasteiger partial charge in [0.15, 0.2) is 0 Å². The normalized spacial score (nSPS) is 16.1. The molecule has 0 radical (unpaired) electrons. The largest absolute Gasteiger partial charge is 0.376 e. The Kier molecular flexibility index (Phi) is 6.75. The van der Waals surface area contributed by atoms with Gasteiger partial charge in [0.25, 0.3) is 5.91 Å². The predicted molar refractivity (Wildman–Crippen MR) is 108 cm³/mol. The molecular formula is C22H26N4O2. The van der Waals surface area contributed by atoms with Crippen LogP contribution in [0.2, 0.25) is 0 Å². The van der Waals surface area contributed by atoms with E-state index in [0.717, 1.165) is 37.1 Å². The maximum atomic E-state index is 13.3. The number of pyridine rings is 1. The molecule has 0 bridgehead atoms. The molecule has 6 nitrogen and oxygen atoms in total. The Morgan fingerprint density at radius 1 is 1.29 bits per heavy atom. The van der Waals surface area contributed by atoms with Crippen molar-refractivity contribution >= 4 is 5.91 Å². The van der Waals surface area contributed by atoms with Gasteiger partial charge in [0, 0.05) is 43.6 Å². The number of amides is 1. The highest BCUT2D eigenvalue weighted by atomic mass is 16.5. The molecule has 1 saturated heterocycles. The Morgan fingerprint density at radius 2 is 2.14 bits per heavy atom. The van der Waals surface area contributed by atoms with E-state index in [4.69, 9.17) is 4.74 Å². The van der Waals surface area contributed by atoms with Crippen LogP contribution in [0.4, 0.5) is 0 Å². The van der Waals surface area contributed by atoms with Crippen molar-refractivity contribution in [2.45, 2.75) is 18.9 Å². The Bertz CT molecular complexity index is 854. The maximum absolute atomic E-state index is 13.3. The lowest BCUT2D eigenvalue weighted by Gasteiger charge is -2.27. The van der Waals surface area contributed by atoms with Crippen molar-refractivity contribution in [3.8, 4) is 17.2 Å². The molecule has 1 fully saturated rings. The van der Waals surface area contributed by atoms with Crippen LogP contribution in [0.1, 0.15) is 28.9 Å². The number of aromatic nitrogens is 1. The Balaban J connectivity index is 1.84. The summed E-state index contributed by atoms with van der Waals surface area (Å²) in [4.78, 5) is 21.3. The number of carbonyl (C=O) groups excluding carboxylic acids is 1. The SMILES string of the molecule is CN(C)CCN(C[C@H]1CCCO1)C(=O)c1cccc(-c2cccnc2C#N)c1. The molecule has 1 amide bonds. The standard InChI is InChI=1S/C22H26N4O2/c1-25(2)11-12-26(16-19-8-5-13-28-19)22(27)18-7-3-6-17(14-18)20-9-4-10-24-21(20)15-23/h3-4,6-7,9-10,14,19H,5,8,11-13,16H2,1-2H3/t19-/m1/s1. The number of nitrogens with zero attached hydrogens (tertiary/aromatic N) is 4. The zero-order valence-electron chi connectivity index (χ0n) is 16.5. The summed E-state index contributed by atoms with van der Waals surface area (Å²) in [5.41, 5.74) is 2.52. The summed E-state index contributed by atoms with van der Waals surface area (Å²) in [6.45, 7) is 2.81. The fourth-order valence-corrected chi connectivity index (χ4v) is 3.36. The molecule has 1 aromatic heterocycles. The first-order chi connectivity index (χ1) is 13.6. The van der Waals surface area contributed by atoms with E-state index in [1.54, 1.807) is 12.3 Å². The van der Waals surface area contributed by atoms with Gasteiger partial charge in [-0.15, -0.1) is 0 Å². The third-order valence-electron chi connectivity index (χ3n) is 4.89. The zero-order chi connectivity index (χ0) is 19.9. The second-order valence-electron chi connectivity index (χ2n) is 7.28. The number of likely N-dealkylation sites (N-methyl/N-ethyl adjacent to an activating group) is 1. The molecule has 28 heavy (non-hydrogen) atoms. The number of rotatable bonds is 7. The van der Waals surface area contributed by atoms with Gasteiger partial charge in [0.05, 0.1) is 6.10 Å². The molecule has 6 heteroatoms. The monoisotopic (exact) mass is 378 g/mol. The minimum absolute atomic E-state index is 0.0124. The number of nitriles is 1. The molecule has 1 atom stereocenters. The van der Waals surface area contributed by atoms with Crippen LogP contribution in [-0.2, 0) is 4.74 Å². The van der Waals surface area contributed by atoms with Gasteiger partial charge >= 0.3 is 0 Å². The molecule has 0 N–H and O–H groups in total. The van der Waals surface area contributed by atoms with Gasteiger partial charge in [0.2, 0.25) is 0 Å². The van der Waals surface area contributed by atoms with Crippen LogP contribution in [0.3, 0.4) is 0 Å². The topological polar surface area (TPSA) is 69.5 Å². The molecule has 3 rings (SSSR count). The lowest BCUT2D eigenvalue weighted by molar-refractivity contribution is 0.0512. The van der Waals surface area contributed by atoms with E-state index in [1.807, 2.05) is 49.3 Å².